The van der Waals surface area contributed by atoms with Gasteiger partial charge in [0, 0.05) is 49.6 Å². The summed E-state index contributed by atoms with van der Waals surface area (Å²) in [5, 5.41) is 12.8. The number of amides is 1. The molecule has 1 aliphatic rings. The summed E-state index contributed by atoms with van der Waals surface area (Å²) in [4.78, 5) is 16.0. The molecule has 1 amide bonds. The fourth-order valence-electron chi connectivity index (χ4n) is 2.47. The van der Waals surface area contributed by atoms with Crippen LogP contribution in [0.4, 0.5) is 13.2 Å². The lowest BCUT2D eigenvalue weighted by Crippen LogP contribution is -2.28. The highest BCUT2D eigenvalue weighted by molar-refractivity contribution is 5.94. The standard InChI is InChI=1S/C15H16F3N5O2/c16-15(17,18)8-25-12-5-9(1-4-20-12)6-21-14(24)13-10-7-19-3-2-11(10)22-23-13/h1,4-5,19H,2-3,6-8H2,(H,21,24)(H,22,23). The lowest BCUT2D eigenvalue weighted by molar-refractivity contribution is -0.154. The van der Waals surface area contributed by atoms with E-state index in [-0.39, 0.29) is 18.3 Å². The number of pyridine rings is 1. The van der Waals surface area contributed by atoms with Crippen LogP contribution >= 0.6 is 0 Å². The molecule has 0 atom stereocenters. The van der Waals surface area contributed by atoms with Gasteiger partial charge in [-0.3, -0.25) is 9.89 Å². The first-order valence-corrected chi connectivity index (χ1v) is 7.62. The SMILES string of the molecule is O=C(NCc1ccnc(OCC(F)(F)F)c1)c1n[nH]c2c1CNCC2. The number of carbonyl (C=O) groups is 1. The van der Waals surface area contributed by atoms with E-state index < -0.39 is 12.8 Å². The van der Waals surface area contributed by atoms with E-state index in [0.29, 0.717) is 17.8 Å². The van der Waals surface area contributed by atoms with Crippen LogP contribution in [0.5, 0.6) is 5.88 Å². The minimum absolute atomic E-state index is 0.124. The second-order valence-corrected chi connectivity index (χ2v) is 5.54. The number of hydrogen-bond acceptors (Lipinski definition) is 5. The van der Waals surface area contributed by atoms with Crippen molar-refractivity contribution in [2.75, 3.05) is 13.2 Å². The summed E-state index contributed by atoms with van der Waals surface area (Å²) >= 11 is 0. The number of nitrogens with zero attached hydrogens (tertiary/aromatic N) is 2. The van der Waals surface area contributed by atoms with Crippen LogP contribution in [-0.4, -0.2) is 40.4 Å². The smallest absolute Gasteiger partial charge is 0.422 e. The summed E-state index contributed by atoms with van der Waals surface area (Å²) in [6.45, 7) is 0.105. The second-order valence-electron chi connectivity index (χ2n) is 5.54. The average Bonchev–Trinajstić information content (AvgIpc) is 3.02. The summed E-state index contributed by atoms with van der Waals surface area (Å²) in [6, 6.07) is 2.94. The molecule has 3 N–H and O–H groups in total. The molecule has 0 fully saturated rings. The normalized spacial score (nSPS) is 14.0. The van der Waals surface area contributed by atoms with Crippen LogP contribution in [0.1, 0.15) is 27.3 Å². The lowest BCUT2D eigenvalue weighted by atomic mass is 10.1. The summed E-state index contributed by atoms with van der Waals surface area (Å²) in [6.07, 6.45) is -2.33. The minimum Gasteiger partial charge on any atom is -0.468 e. The van der Waals surface area contributed by atoms with Crippen molar-refractivity contribution in [1.82, 2.24) is 25.8 Å². The summed E-state index contributed by atoms with van der Waals surface area (Å²) in [7, 11) is 0. The van der Waals surface area contributed by atoms with E-state index in [2.05, 4.69) is 30.6 Å². The first-order valence-electron chi connectivity index (χ1n) is 7.62. The van der Waals surface area contributed by atoms with Crippen molar-refractivity contribution >= 4 is 5.91 Å². The van der Waals surface area contributed by atoms with Gasteiger partial charge in [-0.15, -0.1) is 0 Å². The molecule has 10 heteroatoms. The fourth-order valence-corrected chi connectivity index (χ4v) is 2.47. The van der Waals surface area contributed by atoms with Crippen molar-refractivity contribution in [2.24, 2.45) is 0 Å². The number of carbonyl (C=O) groups excluding carboxylic acids is 1. The highest BCUT2D eigenvalue weighted by Gasteiger charge is 2.28. The zero-order valence-corrected chi connectivity index (χ0v) is 13.1. The van der Waals surface area contributed by atoms with Gasteiger partial charge in [0.1, 0.15) is 0 Å². The van der Waals surface area contributed by atoms with Gasteiger partial charge in [0.05, 0.1) is 0 Å². The number of hydrogen-bond donors (Lipinski definition) is 3. The topological polar surface area (TPSA) is 91.9 Å². The maximum Gasteiger partial charge on any atom is 0.422 e. The van der Waals surface area contributed by atoms with Crippen LogP contribution < -0.4 is 15.4 Å². The van der Waals surface area contributed by atoms with Gasteiger partial charge in [0.15, 0.2) is 12.3 Å². The van der Waals surface area contributed by atoms with E-state index in [1.807, 2.05) is 0 Å². The Kier molecular flexibility index (Phi) is 4.88. The van der Waals surface area contributed by atoms with E-state index in [0.717, 1.165) is 24.2 Å². The summed E-state index contributed by atoms with van der Waals surface area (Å²) in [5.74, 6) is -0.499. The largest absolute Gasteiger partial charge is 0.468 e. The number of aromatic nitrogens is 3. The molecule has 0 saturated heterocycles. The molecule has 134 valence electrons. The molecule has 7 nitrogen and oxygen atoms in total. The zero-order valence-electron chi connectivity index (χ0n) is 13.1. The maximum absolute atomic E-state index is 12.3. The van der Waals surface area contributed by atoms with Crippen LogP contribution in [0.25, 0.3) is 0 Å². The van der Waals surface area contributed by atoms with Crippen LogP contribution in [0.3, 0.4) is 0 Å². The van der Waals surface area contributed by atoms with Gasteiger partial charge in [0.2, 0.25) is 5.88 Å². The molecule has 0 aliphatic carbocycles. The monoisotopic (exact) mass is 355 g/mol. The van der Waals surface area contributed by atoms with E-state index in [1.165, 1.54) is 12.3 Å². The van der Waals surface area contributed by atoms with E-state index in [1.54, 1.807) is 6.07 Å². The van der Waals surface area contributed by atoms with E-state index in [4.69, 9.17) is 0 Å². The molecule has 1 aliphatic heterocycles. The molecule has 25 heavy (non-hydrogen) atoms. The Balaban J connectivity index is 1.60. The number of fused-ring (bicyclic) bond motifs is 1. The number of alkyl halides is 3. The van der Waals surface area contributed by atoms with Crippen LogP contribution in [0.2, 0.25) is 0 Å². The number of ether oxygens (including phenoxy) is 1. The predicted molar refractivity (Wildman–Crippen MR) is 81.0 cm³/mol. The van der Waals surface area contributed by atoms with E-state index >= 15 is 0 Å². The molecule has 0 radical (unpaired) electrons. The Morgan fingerprint density at radius 1 is 1.40 bits per heavy atom. The molecule has 3 rings (SSSR count). The van der Waals surface area contributed by atoms with Crippen LogP contribution in [0.15, 0.2) is 18.3 Å². The fraction of sp³-hybridized carbons (Fsp3) is 0.400. The van der Waals surface area contributed by atoms with Crippen molar-refractivity contribution in [1.29, 1.82) is 0 Å². The highest BCUT2D eigenvalue weighted by atomic mass is 19.4. The number of aromatic amines is 1. The first kappa shape index (κ1) is 17.2. The van der Waals surface area contributed by atoms with Crippen LogP contribution in [0, 0.1) is 0 Å². The molecule has 3 heterocycles. The van der Waals surface area contributed by atoms with Crippen molar-refractivity contribution in [3.63, 3.8) is 0 Å². The maximum atomic E-state index is 12.3. The molecule has 0 saturated carbocycles. The Morgan fingerprint density at radius 2 is 2.24 bits per heavy atom. The first-order chi connectivity index (χ1) is 11.9. The van der Waals surface area contributed by atoms with Crippen molar-refractivity contribution in [3.05, 3.63) is 40.8 Å². The molecule has 0 aromatic carbocycles. The van der Waals surface area contributed by atoms with Crippen molar-refractivity contribution in [2.45, 2.75) is 25.7 Å². The predicted octanol–water partition coefficient (Wildman–Crippen LogP) is 1.32. The third kappa shape index (κ3) is 4.47. The van der Waals surface area contributed by atoms with Gasteiger partial charge in [-0.05, 0) is 11.6 Å². The van der Waals surface area contributed by atoms with Crippen LogP contribution in [-0.2, 0) is 19.5 Å². The zero-order chi connectivity index (χ0) is 17.9. The Morgan fingerprint density at radius 3 is 3.04 bits per heavy atom. The van der Waals surface area contributed by atoms with Gasteiger partial charge < -0.3 is 15.4 Å². The lowest BCUT2D eigenvalue weighted by Gasteiger charge is -2.13. The number of halogens is 3. The highest BCUT2D eigenvalue weighted by Crippen LogP contribution is 2.18. The molecule has 0 bridgehead atoms. The number of rotatable bonds is 5. The third-order valence-electron chi connectivity index (χ3n) is 3.66. The van der Waals surface area contributed by atoms with Gasteiger partial charge in [0.25, 0.3) is 5.91 Å². The molecule has 2 aromatic heterocycles. The summed E-state index contributed by atoms with van der Waals surface area (Å²) in [5.41, 5.74) is 2.68. The number of nitrogens with one attached hydrogen (secondary N) is 3. The third-order valence-corrected chi connectivity index (χ3v) is 3.66. The average molecular weight is 355 g/mol. The molecule has 0 spiro atoms. The van der Waals surface area contributed by atoms with Gasteiger partial charge in [-0.1, -0.05) is 0 Å². The number of H-pyrrole nitrogens is 1. The molecule has 0 unspecified atom stereocenters. The molecular weight excluding hydrogens is 339 g/mol. The quantitative estimate of drug-likeness (QED) is 0.752. The Bertz CT molecular complexity index is 760. The minimum atomic E-state index is -4.43. The van der Waals surface area contributed by atoms with Gasteiger partial charge in [-0.2, -0.15) is 18.3 Å². The van der Waals surface area contributed by atoms with Gasteiger partial charge >= 0.3 is 6.18 Å². The molecular formula is C15H16F3N5O2. The second kappa shape index (κ2) is 7.09. The Labute approximate surface area is 141 Å². The molecule has 2 aromatic rings. The van der Waals surface area contributed by atoms with Crippen molar-refractivity contribution in [3.8, 4) is 5.88 Å². The van der Waals surface area contributed by atoms with E-state index in [9.17, 15) is 18.0 Å². The Hall–Kier alpha value is -2.62. The van der Waals surface area contributed by atoms with Gasteiger partial charge in [-0.25, -0.2) is 4.98 Å². The van der Waals surface area contributed by atoms with Crippen molar-refractivity contribution < 1.29 is 22.7 Å². The summed E-state index contributed by atoms with van der Waals surface area (Å²) < 4.78 is 41.1.